The average Bonchev–Trinajstić information content (AvgIpc) is 2.28. The summed E-state index contributed by atoms with van der Waals surface area (Å²) in [6.45, 7) is 0. The van der Waals surface area contributed by atoms with Crippen molar-refractivity contribution in [3.05, 3.63) is 33.4 Å². The number of nitro benzene ring substituents is 1. The van der Waals surface area contributed by atoms with Gasteiger partial charge in [-0.05, 0) is 6.07 Å². The Hall–Kier alpha value is -2.60. The van der Waals surface area contributed by atoms with E-state index in [2.05, 4.69) is 0 Å². The number of hydrogen-bond acceptors (Lipinski definition) is 5. The monoisotopic (exact) mass is 217 g/mol. The van der Waals surface area contributed by atoms with Crippen molar-refractivity contribution >= 4 is 5.69 Å². The van der Waals surface area contributed by atoms with Crippen LogP contribution in [-0.4, -0.2) is 12.0 Å². The van der Waals surface area contributed by atoms with Crippen molar-refractivity contribution in [1.29, 1.82) is 10.5 Å². The highest BCUT2D eigenvalue weighted by Gasteiger charge is 2.18. The van der Waals surface area contributed by atoms with E-state index in [1.165, 1.54) is 13.2 Å². The normalized spacial score (nSPS) is 8.94. The fourth-order valence-corrected chi connectivity index (χ4v) is 1.26. The highest BCUT2D eigenvalue weighted by molar-refractivity contribution is 5.55. The van der Waals surface area contributed by atoms with Gasteiger partial charge in [-0.3, -0.25) is 10.1 Å². The molecule has 0 aliphatic heterocycles. The fraction of sp³-hybridized carbons (Fsp3) is 0.200. The molecule has 0 heterocycles. The topological polar surface area (TPSA) is 99.9 Å². The van der Waals surface area contributed by atoms with Crippen LogP contribution in [0.5, 0.6) is 5.75 Å². The number of methoxy groups -OCH3 is 1. The summed E-state index contributed by atoms with van der Waals surface area (Å²) in [5, 5.41) is 28.0. The van der Waals surface area contributed by atoms with Crippen molar-refractivity contribution in [2.75, 3.05) is 7.11 Å². The van der Waals surface area contributed by atoms with Gasteiger partial charge in [0, 0.05) is 11.6 Å². The molecule has 1 aromatic carbocycles. The molecule has 0 N–H and O–H groups in total. The maximum absolute atomic E-state index is 10.7. The lowest BCUT2D eigenvalue weighted by molar-refractivity contribution is -0.385. The number of nitro groups is 1. The van der Waals surface area contributed by atoms with Gasteiger partial charge in [-0.15, -0.1) is 0 Å². The van der Waals surface area contributed by atoms with Gasteiger partial charge in [-0.25, -0.2) is 0 Å². The van der Waals surface area contributed by atoms with E-state index in [4.69, 9.17) is 15.3 Å². The fourth-order valence-electron chi connectivity index (χ4n) is 1.26. The minimum atomic E-state index is -0.618. The second kappa shape index (κ2) is 4.76. The summed E-state index contributed by atoms with van der Waals surface area (Å²) in [6, 6.07) is 6.09. The zero-order valence-corrected chi connectivity index (χ0v) is 8.43. The SMILES string of the molecule is COc1cc(CC#N)c([N+](=O)[O-])cc1C#N. The van der Waals surface area contributed by atoms with Gasteiger partial charge >= 0.3 is 0 Å². The van der Waals surface area contributed by atoms with Crippen molar-refractivity contribution in [1.82, 2.24) is 0 Å². The summed E-state index contributed by atoms with van der Waals surface area (Å²) < 4.78 is 4.90. The number of rotatable bonds is 3. The molecule has 6 heteroatoms. The summed E-state index contributed by atoms with van der Waals surface area (Å²) in [5.41, 5.74) is 0.0816. The van der Waals surface area contributed by atoms with E-state index in [0.717, 1.165) is 6.07 Å². The van der Waals surface area contributed by atoms with Crippen molar-refractivity contribution in [3.63, 3.8) is 0 Å². The standard InChI is InChI=1S/C10H7N3O3/c1-16-10-5-7(2-3-11)9(13(14)15)4-8(10)6-12/h4-5H,2H2,1H3. The second-order valence-corrected chi connectivity index (χ2v) is 2.89. The smallest absolute Gasteiger partial charge is 0.275 e. The Morgan fingerprint density at radius 1 is 1.50 bits per heavy atom. The predicted octanol–water partition coefficient (Wildman–Crippen LogP) is 1.54. The Bertz CT molecular complexity index is 511. The number of hydrogen-bond donors (Lipinski definition) is 0. The molecule has 0 amide bonds. The third-order valence-corrected chi connectivity index (χ3v) is 1.99. The zero-order valence-electron chi connectivity index (χ0n) is 8.43. The van der Waals surface area contributed by atoms with Gasteiger partial charge in [0.15, 0.2) is 0 Å². The highest BCUT2D eigenvalue weighted by atomic mass is 16.6. The first kappa shape index (κ1) is 11.5. The van der Waals surface area contributed by atoms with Crippen LogP contribution in [-0.2, 0) is 6.42 Å². The van der Waals surface area contributed by atoms with E-state index < -0.39 is 4.92 Å². The van der Waals surface area contributed by atoms with Crippen LogP contribution in [0.1, 0.15) is 11.1 Å². The molecule has 0 bridgehead atoms. The lowest BCUT2D eigenvalue weighted by Gasteiger charge is -2.05. The van der Waals surface area contributed by atoms with E-state index in [-0.39, 0.29) is 29.0 Å². The van der Waals surface area contributed by atoms with Gasteiger partial charge in [-0.1, -0.05) is 0 Å². The minimum Gasteiger partial charge on any atom is -0.495 e. The van der Waals surface area contributed by atoms with Crippen LogP contribution < -0.4 is 4.74 Å². The Kier molecular flexibility index (Phi) is 3.41. The molecule has 1 rings (SSSR count). The lowest BCUT2D eigenvalue weighted by Crippen LogP contribution is -1.98. The molecule has 16 heavy (non-hydrogen) atoms. The minimum absolute atomic E-state index is 0.0795. The molecule has 6 nitrogen and oxygen atoms in total. The molecule has 0 aromatic heterocycles. The Labute approximate surface area is 91.4 Å². The van der Waals surface area contributed by atoms with Crippen LogP contribution in [0.25, 0.3) is 0 Å². The molecule has 80 valence electrons. The maximum atomic E-state index is 10.7. The first-order valence-corrected chi connectivity index (χ1v) is 4.26. The summed E-state index contributed by atoms with van der Waals surface area (Å²) in [5.74, 6) is 0.235. The first-order valence-electron chi connectivity index (χ1n) is 4.26. The molecular formula is C10H7N3O3. The van der Waals surface area contributed by atoms with E-state index >= 15 is 0 Å². The predicted molar refractivity (Wildman–Crippen MR) is 53.7 cm³/mol. The van der Waals surface area contributed by atoms with Gasteiger partial charge < -0.3 is 4.74 Å². The van der Waals surface area contributed by atoms with E-state index in [1.807, 2.05) is 6.07 Å². The number of nitriles is 2. The second-order valence-electron chi connectivity index (χ2n) is 2.89. The Balaban J connectivity index is 3.44. The van der Waals surface area contributed by atoms with Crippen LogP contribution in [0, 0.1) is 32.8 Å². The molecule has 0 spiro atoms. The van der Waals surface area contributed by atoms with E-state index in [0.29, 0.717) is 0 Å². The molecule has 1 aromatic rings. The zero-order chi connectivity index (χ0) is 12.1. The third-order valence-electron chi connectivity index (χ3n) is 1.99. The van der Waals surface area contributed by atoms with Gasteiger partial charge in [0.2, 0.25) is 0 Å². The van der Waals surface area contributed by atoms with Crippen LogP contribution in [0.15, 0.2) is 12.1 Å². The quantitative estimate of drug-likeness (QED) is 0.564. The van der Waals surface area contributed by atoms with Crippen molar-refractivity contribution in [3.8, 4) is 17.9 Å². The molecule has 0 atom stereocenters. The van der Waals surface area contributed by atoms with Gasteiger partial charge in [0.05, 0.1) is 24.5 Å². The molecular weight excluding hydrogens is 210 g/mol. The molecule has 0 unspecified atom stereocenters. The summed E-state index contributed by atoms with van der Waals surface area (Å²) >= 11 is 0. The molecule has 0 aliphatic carbocycles. The largest absolute Gasteiger partial charge is 0.495 e. The molecule has 0 saturated heterocycles. The van der Waals surface area contributed by atoms with Gasteiger partial charge in [-0.2, -0.15) is 10.5 Å². The van der Waals surface area contributed by atoms with Gasteiger partial charge in [0.1, 0.15) is 17.4 Å². The lowest BCUT2D eigenvalue weighted by atomic mass is 10.1. The number of benzene rings is 1. The average molecular weight is 217 g/mol. The molecule has 0 radical (unpaired) electrons. The first-order chi connectivity index (χ1) is 7.63. The van der Waals surface area contributed by atoms with Crippen LogP contribution in [0.4, 0.5) is 5.69 Å². The molecule has 0 saturated carbocycles. The van der Waals surface area contributed by atoms with Crippen LogP contribution >= 0.6 is 0 Å². The number of ether oxygens (including phenoxy) is 1. The summed E-state index contributed by atoms with van der Waals surface area (Å²) in [7, 11) is 1.36. The van der Waals surface area contributed by atoms with Crippen molar-refractivity contribution in [2.45, 2.75) is 6.42 Å². The maximum Gasteiger partial charge on any atom is 0.275 e. The molecule has 0 fully saturated rings. The molecule has 0 aliphatic rings. The third kappa shape index (κ3) is 2.07. The summed E-state index contributed by atoms with van der Waals surface area (Å²) in [6.07, 6.45) is -0.0988. The summed E-state index contributed by atoms with van der Waals surface area (Å²) in [4.78, 5) is 10.1. The highest BCUT2D eigenvalue weighted by Crippen LogP contribution is 2.28. The Morgan fingerprint density at radius 2 is 2.19 bits per heavy atom. The van der Waals surface area contributed by atoms with Gasteiger partial charge in [0.25, 0.3) is 5.69 Å². The van der Waals surface area contributed by atoms with Crippen LogP contribution in [0.3, 0.4) is 0 Å². The van der Waals surface area contributed by atoms with Crippen LogP contribution in [0.2, 0.25) is 0 Å². The number of nitrogens with zero attached hydrogens (tertiary/aromatic N) is 3. The Morgan fingerprint density at radius 3 is 2.62 bits per heavy atom. The van der Waals surface area contributed by atoms with E-state index in [1.54, 1.807) is 6.07 Å². The van der Waals surface area contributed by atoms with E-state index in [9.17, 15) is 10.1 Å². The van der Waals surface area contributed by atoms with Crippen molar-refractivity contribution < 1.29 is 9.66 Å². The van der Waals surface area contributed by atoms with Crippen molar-refractivity contribution in [2.24, 2.45) is 0 Å².